The lowest BCUT2D eigenvalue weighted by atomic mass is 9.80. The first kappa shape index (κ1) is 18.2. The van der Waals surface area contributed by atoms with Gasteiger partial charge in [-0.2, -0.15) is 4.98 Å². The van der Waals surface area contributed by atoms with Gasteiger partial charge in [-0.1, -0.05) is 17.3 Å². The Hall–Kier alpha value is -2.21. The molecule has 144 valence electrons. The monoisotopic (exact) mass is 369 g/mol. The van der Waals surface area contributed by atoms with Crippen molar-refractivity contribution >= 4 is 5.97 Å². The van der Waals surface area contributed by atoms with Crippen LogP contribution in [0.25, 0.3) is 11.4 Å². The number of benzene rings is 1. The zero-order chi connectivity index (χ0) is 18.6. The van der Waals surface area contributed by atoms with Gasteiger partial charge in [-0.25, -0.2) is 0 Å². The summed E-state index contributed by atoms with van der Waals surface area (Å²) in [5, 5.41) is 16.5. The summed E-state index contributed by atoms with van der Waals surface area (Å²) in [6, 6.07) is 6.50. The molecule has 1 fully saturated rings. The number of carboxylic acids is 1. The molecule has 2 N–H and O–H groups in total. The molecule has 0 radical (unpaired) electrons. The highest BCUT2D eigenvalue weighted by Crippen LogP contribution is 2.37. The summed E-state index contributed by atoms with van der Waals surface area (Å²) < 4.78 is 5.59. The minimum Gasteiger partial charge on any atom is -0.481 e. The molecule has 2 aliphatic rings. The second kappa shape index (κ2) is 8.21. The third kappa shape index (κ3) is 4.38. The molecule has 0 amide bonds. The normalized spacial score (nSPS) is 22.8. The van der Waals surface area contributed by atoms with Gasteiger partial charge in [-0.05, 0) is 81.1 Å². The summed E-state index contributed by atoms with van der Waals surface area (Å²) in [5.41, 5.74) is 3.82. The number of rotatable bonds is 5. The quantitative estimate of drug-likeness (QED) is 0.838. The van der Waals surface area contributed by atoms with Crippen LogP contribution in [0.15, 0.2) is 22.7 Å². The van der Waals surface area contributed by atoms with Gasteiger partial charge in [0.05, 0.1) is 0 Å². The number of aliphatic carboxylic acids is 1. The highest BCUT2D eigenvalue weighted by Gasteiger charge is 2.27. The largest absolute Gasteiger partial charge is 0.481 e. The molecule has 2 aromatic rings. The highest BCUT2D eigenvalue weighted by molar-refractivity contribution is 5.66. The second-order valence-electron chi connectivity index (χ2n) is 7.84. The molecule has 1 aliphatic carbocycles. The maximum atomic E-state index is 10.7. The van der Waals surface area contributed by atoms with Crippen molar-refractivity contribution in [1.29, 1.82) is 0 Å². The second-order valence-corrected chi connectivity index (χ2v) is 7.84. The predicted molar refractivity (Wildman–Crippen MR) is 102 cm³/mol. The van der Waals surface area contributed by atoms with Crippen molar-refractivity contribution in [3.05, 3.63) is 35.2 Å². The predicted octanol–water partition coefficient (Wildman–Crippen LogP) is 3.56. The fourth-order valence-corrected chi connectivity index (χ4v) is 4.36. The molecule has 0 atom stereocenters. The smallest absolute Gasteiger partial charge is 0.303 e. The summed E-state index contributed by atoms with van der Waals surface area (Å²) >= 11 is 0. The lowest BCUT2D eigenvalue weighted by Crippen LogP contribution is -2.16. The van der Waals surface area contributed by atoms with Gasteiger partial charge in [-0.3, -0.25) is 4.79 Å². The Kier molecular flexibility index (Phi) is 5.53. The lowest BCUT2D eigenvalue weighted by Gasteiger charge is -2.25. The van der Waals surface area contributed by atoms with Crippen LogP contribution < -0.4 is 5.32 Å². The van der Waals surface area contributed by atoms with Crippen molar-refractivity contribution in [1.82, 2.24) is 15.5 Å². The molecule has 0 unspecified atom stereocenters. The van der Waals surface area contributed by atoms with E-state index in [4.69, 9.17) is 9.63 Å². The molecule has 0 saturated heterocycles. The van der Waals surface area contributed by atoms with Gasteiger partial charge in [0.1, 0.15) is 0 Å². The standard InChI is InChI=1S/C21H27N3O3/c25-19(26)8-3-14-1-4-16(5-2-14)21-23-20(24-27-21)18-7-6-15-9-11-22-12-10-17(15)13-18/h6-7,13-14,16,22H,1-5,8-12H2,(H,25,26). The van der Waals surface area contributed by atoms with Crippen molar-refractivity contribution in [2.45, 2.75) is 57.3 Å². The molecule has 1 saturated carbocycles. The van der Waals surface area contributed by atoms with Crippen LogP contribution in [0, 0.1) is 5.92 Å². The summed E-state index contributed by atoms with van der Waals surface area (Å²) in [4.78, 5) is 15.4. The first-order chi connectivity index (χ1) is 13.2. The van der Waals surface area contributed by atoms with E-state index in [1.807, 2.05) is 0 Å². The SMILES string of the molecule is O=C(O)CCC1CCC(c2nc(-c3ccc4c(c3)CCNCC4)no2)CC1. The number of nitrogens with zero attached hydrogens (tertiary/aromatic N) is 2. The first-order valence-electron chi connectivity index (χ1n) is 10.1. The Bertz CT molecular complexity index is 794. The van der Waals surface area contributed by atoms with E-state index in [1.54, 1.807) is 0 Å². The highest BCUT2D eigenvalue weighted by atomic mass is 16.5. The summed E-state index contributed by atoms with van der Waals surface area (Å²) in [6.07, 6.45) is 7.24. The fourth-order valence-electron chi connectivity index (χ4n) is 4.36. The van der Waals surface area contributed by atoms with Gasteiger partial charge < -0.3 is 14.9 Å². The van der Waals surface area contributed by atoms with E-state index >= 15 is 0 Å². The van der Waals surface area contributed by atoms with Crippen molar-refractivity contribution in [2.24, 2.45) is 5.92 Å². The number of hydrogen-bond donors (Lipinski definition) is 2. The van der Waals surface area contributed by atoms with Crippen LogP contribution in [0.3, 0.4) is 0 Å². The third-order valence-corrected chi connectivity index (χ3v) is 6.01. The van der Waals surface area contributed by atoms with Crippen molar-refractivity contribution in [2.75, 3.05) is 13.1 Å². The Morgan fingerprint density at radius 3 is 2.70 bits per heavy atom. The minimum atomic E-state index is -0.699. The van der Waals surface area contributed by atoms with Crippen LogP contribution in [-0.2, 0) is 17.6 Å². The molecule has 6 nitrogen and oxygen atoms in total. The molecule has 4 rings (SSSR count). The summed E-state index contributed by atoms with van der Waals surface area (Å²) in [6.45, 7) is 2.05. The van der Waals surface area contributed by atoms with Crippen LogP contribution in [0.4, 0.5) is 0 Å². The van der Waals surface area contributed by atoms with Crippen LogP contribution in [0.2, 0.25) is 0 Å². The molecule has 1 aromatic carbocycles. The fraction of sp³-hybridized carbons (Fsp3) is 0.571. The van der Waals surface area contributed by atoms with Gasteiger partial charge in [0.2, 0.25) is 11.7 Å². The van der Waals surface area contributed by atoms with Gasteiger partial charge in [0, 0.05) is 17.9 Å². The molecule has 0 spiro atoms. The zero-order valence-corrected chi connectivity index (χ0v) is 15.6. The number of fused-ring (bicyclic) bond motifs is 1. The van der Waals surface area contributed by atoms with Crippen LogP contribution in [0.1, 0.15) is 61.5 Å². The van der Waals surface area contributed by atoms with Gasteiger partial charge in [0.15, 0.2) is 0 Å². The molecule has 2 heterocycles. The Morgan fingerprint density at radius 2 is 1.93 bits per heavy atom. The van der Waals surface area contributed by atoms with Crippen LogP contribution in [0.5, 0.6) is 0 Å². The van der Waals surface area contributed by atoms with E-state index in [0.29, 0.717) is 17.7 Å². The summed E-state index contributed by atoms with van der Waals surface area (Å²) in [7, 11) is 0. The van der Waals surface area contributed by atoms with E-state index in [1.165, 1.54) is 11.1 Å². The molecule has 27 heavy (non-hydrogen) atoms. The topological polar surface area (TPSA) is 88.2 Å². The van der Waals surface area contributed by atoms with Gasteiger partial charge in [-0.15, -0.1) is 0 Å². The Balaban J connectivity index is 1.41. The molecule has 1 aliphatic heterocycles. The molecular formula is C21H27N3O3. The maximum Gasteiger partial charge on any atom is 0.303 e. The van der Waals surface area contributed by atoms with Gasteiger partial charge >= 0.3 is 5.97 Å². The van der Waals surface area contributed by atoms with Crippen molar-refractivity contribution in [3.8, 4) is 11.4 Å². The Morgan fingerprint density at radius 1 is 1.15 bits per heavy atom. The molecule has 0 bridgehead atoms. The van der Waals surface area contributed by atoms with E-state index < -0.39 is 5.97 Å². The van der Waals surface area contributed by atoms with E-state index in [9.17, 15) is 4.79 Å². The van der Waals surface area contributed by atoms with E-state index in [2.05, 4.69) is 33.7 Å². The average molecular weight is 369 g/mol. The number of nitrogens with one attached hydrogen (secondary N) is 1. The lowest BCUT2D eigenvalue weighted by molar-refractivity contribution is -0.137. The number of carbonyl (C=O) groups is 1. The van der Waals surface area contributed by atoms with E-state index in [-0.39, 0.29) is 6.42 Å². The minimum absolute atomic E-state index is 0.272. The van der Waals surface area contributed by atoms with Crippen LogP contribution >= 0.6 is 0 Å². The van der Waals surface area contributed by atoms with Crippen molar-refractivity contribution in [3.63, 3.8) is 0 Å². The average Bonchev–Trinajstić information content (AvgIpc) is 3.06. The molecular weight excluding hydrogens is 342 g/mol. The molecule has 6 heteroatoms. The summed E-state index contributed by atoms with van der Waals surface area (Å²) in [5.74, 6) is 1.53. The number of aromatic nitrogens is 2. The number of hydrogen-bond acceptors (Lipinski definition) is 5. The number of carboxylic acid groups (broad SMARTS) is 1. The van der Waals surface area contributed by atoms with Gasteiger partial charge in [0.25, 0.3) is 0 Å². The van der Waals surface area contributed by atoms with Crippen LogP contribution in [-0.4, -0.2) is 34.3 Å². The third-order valence-electron chi connectivity index (χ3n) is 6.01. The zero-order valence-electron chi connectivity index (χ0n) is 15.6. The molecule has 1 aromatic heterocycles. The Labute approximate surface area is 159 Å². The van der Waals surface area contributed by atoms with E-state index in [0.717, 1.165) is 69.5 Å². The first-order valence-corrected chi connectivity index (χ1v) is 10.1. The van der Waals surface area contributed by atoms with Crippen molar-refractivity contribution < 1.29 is 14.4 Å². The maximum absolute atomic E-state index is 10.7.